The Kier molecular flexibility index (Phi) is 4.15. The molecule has 2 aromatic carbocycles. The minimum absolute atomic E-state index is 0.0175. The highest BCUT2D eigenvalue weighted by atomic mass is 32.2. The monoisotopic (exact) mass is 260 g/mol. The average Bonchev–Trinajstić information content (AvgIpc) is 2.41. The second-order valence-corrected chi connectivity index (χ2v) is 5.30. The van der Waals surface area contributed by atoms with E-state index in [0.29, 0.717) is 10.5 Å². The van der Waals surface area contributed by atoms with Gasteiger partial charge in [-0.2, -0.15) is 0 Å². The third kappa shape index (κ3) is 2.99. The Bertz CT molecular complexity index is 539. The molecule has 0 N–H and O–H groups in total. The smallest absolute Gasteiger partial charge is 0.175 e. The van der Waals surface area contributed by atoms with Gasteiger partial charge in [-0.05, 0) is 19.1 Å². The van der Waals surface area contributed by atoms with E-state index < -0.39 is 0 Å². The van der Waals surface area contributed by atoms with Gasteiger partial charge in [-0.1, -0.05) is 42.5 Å². The second kappa shape index (κ2) is 5.83. The van der Waals surface area contributed by atoms with Gasteiger partial charge in [0.2, 0.25) is 0 Å². The predicted octanol–water partition coefficient (Wildman–Crippen LogP) is 4.19. The lowest BCUT2D eigenvalue weighted by Crippen LogP contribution is -2.13. The lowest BCUT2D eigenvalue weighted by atomic mass is 10.1. The number of benzene rings is 2. The van der Waals surface area contributed by atoms with Gasteiger partial charge in [0, 0.05) is 10.5 Å². The summed E-state index contributed by atoms with van der Waals surface area (Å²) < 4.78 is 13.5. The Morgan fingerprint density at radius 3 is 2.33 bits per heavy atom. The maximum absolute atomic E-state index is 13.5. The number of rotatable bonds is 4. The number of carbonyl (C=O) groups excluding carboxylic acids is 1. The first kappa shape index (κ1) is 12.8. The van der Waals surface area contributed by atoms with Crippen molar-refractivity contribution in [1.29, 1.82) is 0 Å². The molecule has 3 heteroatoms. The van der Waals surface area contributed by atoms with Crippen molar-refractivity contribution in [3.63, 3.8) is 0 Å². The molecule has 0 bridgehead atoms. The predicted molar refractivity (Wildman–Crippen MR) is 72.5 cm³/mol. The molecule has 0 spiro atoms. The third-order valence-electron chi connectivity index (χ3n) is 2.57. The summed E-state index contributed by atoms with van der Waals surface area (Å²) >= 11 is 1.25. The fraction of sp³-hybridized carbons (Fsp3) is 0.133. The van der Waals surface area contributed by atoms with Crippen LogP contribution in [0.4, 0.5) is 4.39 Å². The van der Waals surface area contributed by atoms with Crippen LogP contribution < -0.4 is 0 Å². The molecule has 1 atom stereocenters. The minimum atomic E-state index is -0.302. The van der Waals surface area contributed by atoms with Crippen molar-refractivity contribution in [1.82, 2.24) is 0 Å². The van der Waals surface area contributed by atoms with E-state index >= 15 is 0 Å². The van der Waals surface area contributed by atoms with Crippen LogP contribution in [0, 0.1) is 5.82 Å². The number of hydrogen-bond acceptors (Lipinski definition) is 2. The van der Waals surface area contributed by atoms with Crippen LogP contribution >= 0.6 is 11.8 Å². The SMILES string of the molecule is CC(Sc1ccccc1F)C(=O)c1ccccc1. The molecule has 92 valence electrons. The first-order chi connectivity index (χ1) is 8.68. The molecule has 0 aliphatic carbocycles. The second-order valence-electron chi connectivity index (χ2n) is 3.92. The zero-order valence-corrected chi connectivity index (χ0v) is 10.8. The molecule has 0 fully saturated rings. The van der Waals surface area contributed by atoms with Gasteiger partial charge in [0.1, 0.15) is 5.82 Å². The molecule has 1 nitrogen and oxygen atoms in total. The number of Topliss-reactive ketones (excluding diaryl/α,β-unsaturated/α-hetero) is 1. The van der Waals surface area contributed by atoms with Gasteiger partial charge in [-0.15, -0.1) is 11.8 Å². The Hall–Kier alpha value is -1.61. The molecule has 0 saturated carbocycles. The van der Waals surface area contributed by atoms with Gasteiger partial charge in [0.15, 0.2) is 5.78 Å². The van der Waals surface area contributed by atoms with Gasteiger partial charge in [0.25, 0.3) is 0 Å². The molecule has 0 saturated heterocycles. The highest BCUT2D eigenvalue weighted by Gasteiger charge is 2.17. The molecule has 0 radical (unpaired) electrons. The normalized spacial score (nSPS) is 12.1. The van der Waals surface area contributed by atoms with E-state index in [-0.39, 0.29) is 16.9 Å². The van der Waals surface area contributed by atoms with Crippen LogP contribution in [0.3, 0.4) is 0 Å². The number of halogens is 1. The Labute approximate surface area is 110 Å². The van der Waals surface area contributed by atoms with E-state index in [1.165, 1.54) is 17.8 Å². The van der Waals surface area contributed by atoms with Gasteiger partial charge >= 0.3 is 0 Å². The third-order valence-corrected chi connectivity index (χ3v) is 3.72. The summed E-state index contributed by atoms with van der Waals surface area (Å²) in [5.41, 5.74) is 0.661. The molecular formula is C15H13FOS. The summed E-state index contributed by atoms with van der Waals surface area (Å²) in [4.78, 5) is 12.6. The number of hydrogen-bond donors (Lipinski definition) is 0. The summed E-state index contributed by atoms with van der Waals surface area (Å²) in [6.45, 7) is 1.80. The Morgan fingerprint density at radius 2 is 1.67 bits per heavy atom. The van der Waals surface area contributed by atoms with E-state index in [1.54, 1.807) is 37.3 Å². The van der Waals surface area contributed by atoms with Crippen molar-refractivity contribution in [3.05, 3.63) is 66.0 Å². The van der Waals surface area contributed by atoms with Crippen molar-refractivity contribution >= 4 is 17.5 Å². The zero-order chi connectivity index (χ0) is 13.0. The molecule has 2 aromatic rings. The summed E-state index contributed by atoms with van der Waals surface area (Å²) in [6.07, 6.45) is 0. The first-order valence-electron chi connectivity index (χ1n) is 5.69. The van der Waals surface area contributed by atoms with E-state index in [1.807, 2.05) is 18.2 Å². The summed E-state index contributed by atoms with van der Waals surface area (Å²) in [5.74, 6) is -0.265. The molecule has 0 aliphatic rings. The largest absolute Gasteiger partial charge is 0.293 e. The minimum Gasteiger partial charge on any atom is -0.293 e. The molecule has 0 aromatic heterocycles. The fourth-order valence-electron chi connectivity index (χ4n) is 1.62. The molecule has 0 heterocycles. The molecule has 18 heavy (non-hydrogen) atoms. The van der Waals surface area contributed by atoms with Crippen LogP contribution in [0.2, 0.25) is 0 Å². The van der Waals surface area contributed by atoms with Crippen LogP contribution in [0.1, 0.15) is 17.3 Å². The average molecular weight is 260 g/mol. The quantitative estimate of drug-likeness (QED) is 0.605. The van der Waals surface area contributed by atoms with Crippen LogP contribution in [-0.4, -0.2) is 11.0 Å². The van der Waals surface area contributed by atoms with Gasteiger partial charge in [-0.3, -0.25) is 4.79 Å². The van der Waals surface area contributed by atoms with E-state index in [2.05, 4.69) is 0 Å². The molecular weight excluding hydrogens is 247 g/mol. The van der Waals surface area contributed by atoms with Crippen LogP contribution in [-0.2, 0) is 0 Å². The molecule has 0 amide bonds. The molecule has 1 unspecified atom stereocenters. The van der Waals surface area contributed by atoms with Crippen molar-refractivity contribution in [2.75, 3.05) is 0 Å². The van der Waals surface area contributed by atoms with Crippen molar-refractivity contribution in [2.24, 2.45) is 0 Å². The van der Waals surface area contributed by atoms with Crippen molar-refractivity contribution < 1.29 is 9.18 Å². The van der Waals surface area contributed by atoms with Crippen molar-refractivity contribution in [2.45, 2.75) is 17.1 Å². The lowest BCUT2D eigenvalue weighted by Gasteiger charge is -2.10. The standard InChI is InChI=1S/C15H13FOS/c1-11(15(17)12-7-3-2-4-8-12)18-14-10-6-5-9-13(14)16/h2-11H,1H3. The molecule has 2 rings (SSSR count). The summed E-state index contributed by atoms with van der Waals surface area (Å²) in [6, 6.07) is 15.6. The number of thioether (sulfide) groups is 1. The van der Waals surface area contributed by atoms with E-state index in [0.717, 1.165) is 0 Å². The van der Waals surface area contributed by atoms with Gasteiger partial charge in [0.05, 0.1) is 5.25 Å². The lowest BCUT2D eigenvalue weighted by molar-refractivity contribution is 0.0994. The summed E-state index contributed by atoms with van der Waals surface area (Å²) in [7, 11) is 0. The maximum atomic E-state index is 13.5. The van der Waals surface area contributed by atoms with Crippen LogP contribution in [0.5, 0.6) is 0 Å². The highest BCUT2D eigenvalue weighted by molar-refractivity contribution is 8.00. The fourth-order valence-corrected chi connectivity index (χ4v) is 2.58. The Morgan fingerprint density at radius 1 is 1.06 bits per heavy atom. The zero-order valence-electron chi connectivity index (χ0n) is 9.97. The van der Waals surface area contributed by atoms with E-state index in [9.17, 15) is 9.18 Å². The first-order valence-corrected chi connectivity index (χ1v) is 6.57. The molecule has 0 aliphatic heterocycles. The van der Waals surface area contributed by atoms with Crippen LogP contribution in [0.25, 0.3) is 0 Å². The van der Waals surface area contributed by atoms with Crippen molar-refractivity contribution in [3.8, 4) is 0 Å². The number of carbonyl (C=O) groups is 1. The summed E-state index contributed by atoms with van der Waals surface area (Å²) in [5, 5.41) is -0.302. The van der Waals surface area contributed by atoms with Gasteiger partial charge in [-0.25, -0.2) is 4.39 Å². The van der Waals surface area contributed by atoms with Crippen LogP contribution in [0.15, 0.2) is 59.5 Å². The van der Waals surface area contributed by atoms with Gasteiger partial charge < -0.3 is 0 Å². The number of ketones is 1. The topological polar surface area (TPSA) is 17.1 Å². The van der Waals surface area contributed by atoms with E-state index in [4.69, 9.17) is 0 Å². The highest BCUT2D eigenvalue weighted by Crippen LogP contribution is 2.27. The maximum Gasteiger partial charge on any atom is 0.175 e. The Balaban J connectivity index is 2.11.